The Morgan fingerprint density at radius 2 is 2.14 bits per heavy atom. The van der Waals surface area contributed by atoms with Gasteiger partial charge >= 0.3 is 6.03 Å². The van der Waals surface area contributed by atoms with Crippen LogP contribution in [-0.2, 0) is 6.54 Å². The van der Waals surface area contributed by atoms with Crippen LogP contribution in [0.5, 0.6) is 5.75 Å². The normalized spacial score (nSPS) is 10.9. The fourth-order valence-electron chi connectivity index (χ4n) is 3.10. The summed E-state index contributed by atoms with van der Waals surface area (Å²) in [4.78, 5) is 12.6. The number of aromatic nitrogens is 3. The van der Waals surface area contributed by atoms with Crippen LogP contribution in [0.3, 0.4) is 0 Å². The minimum atomic E-state index is -0.485. The molecule has 0 atom stereocenters. The predicted molar refractivity (Wildman–Crippen MR) is 105 cm³/mol. The Morgan fingerprint density at radius 3 is 2.89 bits per heavy atom. The van der Waals surface area contributed by atoms with Crippen LogP contribution in [0.25, 0.3) is 22.0 Å². The summed E-state index contributed by atoms with van der Waals surface area (Å²) in [5, 5.41) is 9.98. The Labute approximate surface area is 159 Å². The van der Waals surface area contributed by atoms with E-state index >= 15 is 0 Å². The van der Waals surface area contributed by atoms with Gasteiger partial charge in [-0.2, -0.15) is 5.10 Å². The molecule has 0 spiro atoms. The minimum absolute atomic E-state index is 0.216. The second-order valence-electron chi connectivity index (χ2n) is 6.27. The number of rotatable bonds is 4. The number of carbonyl (C=O) groups is 1. The van der Waals surface area contributed by atoms with Crippen LogP contribution < -0.4 is 15.8 Å². The number of nitrogens with one attached hydrogen (secondary N) is 2. The van der Waals surface area contributed by atoms with Crippen LogP contribution in [0.15, 0.2) is 54.9 Å². The first-order valence-electron chi connectivity index (χ1n) is 8.58. The molecule has 2 heterocycles. The Hall–Kier alpha value is -3.81. The number of hydrogen-bond donors (Lipinski definition) is 3. The summed E-state index contributed by atoms with van der Waals surface area (Å²) in [6, 6.07) is 11.8. The number of aromatic amines is 1. The van der Waals surface area contributed by atoms with E-state index in [-0.39, 0.29) is 11.8 Å². The van der Waals surface area contributed by atoms with E-state index in [9.17, 15) is 9.18 Å². The third kappa shape index (κ3) is 3.16. The lowest BCUT2D eigenvalue weighted by molar-refractivity contribution is 0.243. The molecule has 0 aliphatic carbocycles. The Balaban J connectivity index is 1.59. The molecule has 1 amide bonds. The summed E-state index contributed by atoms with van der Waals surface area (Å²) >= 11 is 0. The number of hydrogen-bond acceptors (Lipinski definition) is 4. The van der Waals surface area contributed by atoms with Crippen molar-refractivity contribution in [2.45, 2.75) is 6.54 Å². The summed E-state index contributed by atoms with van der Waals surface area (Å²) in [5.41, 5.74) is 7.94. The molecule has 8 heteroatoms. The molecule has 28 heavy (non-hydrogen) atoms. The average Bonchev–Trinajstić information content (AvgIpc) is 3.31. The first-order valence-corrected chi connectivity index (χ1v) is 8.58. The van der Waals surface area contributed by atoms with Crippen LogP contribution in [0, 0.1) is 5.82 Å². The average molecular weight is 379 g/mol. The van der Waals surface area contributed by atoms with Crippen LogP contribution >= 0.6 is 0 Å². The van der Waals surface area contributed by atoms with Gasteiger partial charge in [0, 0.05) is 35.5 Å². The highest BCUT2D eigenvalue weighted by Crippen LogP contribution is 2.30. The SMILES string of the molecule is COc1cccc(CNC(=O)n2ccc3cc(-c4c[nH]nc4N)c(F)cc32)c1. The Bertz CT molecular complexity index is 1160. The van der Waals surface area contributed by atoms with Gasteiger partial charge in [0.15, 0.2) is 5.82 Å². The molecular weight excluding hydrogens is 361 g/mol. The predicted octanol–water partition coefficient (Wildman–Crippen LogP) is 3.52. The van der Waals surface area contributed by atoms with Crippen molar-refractivity contribution < 1.29 is 13.9 Å². The van der Waals surface area contributed by atoms with E-state index in [0.29, 0.717) is 34.3 Å². The number of nitrogens with zero attached hydrogens (tertiary/aromatic N) is 2. The highest BCUT2D eigenvalue weighted by Gasteiger charge is 2.15. The number of carbonyl (C=O) groups excluding carboxylic acids is 1. The second-order valence-corrected chi connectivity index (χ2v) is 6.27. The molecule has 0 aliphatic rings. The standard InChI is InChI=1S/C20H18FN5O2/c1-28-14-4-2-3-12(7-14)10-23-20(27)26-6-5-13-8-15(17(21)9-18(13)26)16-11-24-25-19(16)22/h2-9,11H,10H2,1H3,(H,23,27)(H3,22,24,25). The van der Waals surface area contributed by atoms with Crippen molar-refractivity contribution in [2.24, 2.45) is 0 Å². The monoisotopic (exact) mass is 379 g/mol. The van der Waals surface area contributed by atoms with Crippen molar-refractivity contribution in [2.75, 3.05) is 12.8 Å². The highest BCUT2D eigenvalue weighted by molar-refractivity contribution is 5.94. The highest BCUT2D eigenvalue weighted by atomic mass is 19.1. The third-order valence-electron chi connectivity index (χ3n) is 4.54. The first kappa shape index (κ1) is 17.6. The maximum atomic E-state index is 14.7. The molecule has 0 radical (unpaired) electrons. The summed E-state index contributed by atoms with van der Waals surface area (Å²) in [6.07, 6.45) is 3.14. The summed E-state index contributed by atoms with van der Waals surface area (Å²) in [6.45, 7) is 0.321. The second kappa shape index (κ2) is 7.07. The van der Waals surface area contributed by atoms with Crippen molar-refractivity contribution in [3.63, 3.8) is 0 Å². The fraction of sp³-hybridized carbons (Fsp3) is 0.100. The van der Waals surface area contributed by atoms with Crippen molar-refractivity contribution in [3.8, 4) is 16.9 Å². The maximum absolute atomic E-state index is 14.7. The summed E-state index contributed by atoms with van der Waals surface area (Å²) < 4.78 is 21.2. The smallest absolute Gasteiger partial charge is 0.326 e. The first-order chi connectivity index (χ1) is 13.6. The maximum Gasteiger partial charge on any atom is 0.326 e. The van der Waals surface area contributed by atoms with Crippen LogP contribution in [-0.4, -0.2) is 27.9 Å². The van der Waals surface area contributed by atoms with E-state index in [1.54, 1.807) is 25.4 Å². The number of amides is 1. The van der Waals surface area contributed by atoms with Crippen molar-refractivity contribution >= 4 is 22.8 Å². The summed E-state index contributed by atoms with van der Waals surface area (Å²) in [5.74, 6) is 0.446. The Morgan fingerprint density at radius 1 is 1.29 bits per heavy atom. The third-order valence-corrected chi connectivity index (χ3v) is 4.54. The van der Waals surface area contributed by atoms with Gasteiger partial charge in [0.1, 0.15) is 11.6 Å². The van der Waals surface area contributed by atoms with Crippen LogP contribution in [0.4, 0.5) is 15.0 Å². The van der Waals surface area contributed by atoms with Crippen LogP contribution in [0.1, 0.15) is 5.56 Å². The number of anilines is 1. The van der Waals surface area contributed by atoms with Gasteiger partial charge in [-0.1, -0.05) is 12.1 Å². The zero-order valence-electron chi connectivity index (χ0n) is 15.1. The van der Waals surface area contributed by atoms with E-state index in [1.165, 1.54) is 16.8 Å². The summed E-state index contributed by atoms with van der Waals surface area (Å²) in [7, 11) is 1.59. The molecule has 4 N–H and O–H groups in total. The van der Waals surface area contributed by atoms with Gasteiger partial charge in [-0.3, -0.25) is 9.67 Å². The van der Waals surface area contributed by atoms with E-state index in [1.807, 2.05) is 24.3 Å². The molecule has 7 nitrogen and oxygen atoms in total. The zero-order chi connectivity index (χ0) is 19.7. The molecule has 4 rings (SSSR count). The minimum Gasteiger partial charge on any atom is -0.497 e. The van der Waals surface area contributed by atoms with Gasteiger partial charge in [-0.15, -0.1) is 0 Å². The molecule has 0 fully saturated rings. The number of halogens is 1. The van der Waals surface area contributed by atoms with Gasteiger partial charge in [0.2, 0.25) is 0 Å². The Kier molecular flexibility index (Phi) is 4.44. The topological polar surface area (TPSA) is 98.0 Å². The largest absolute Gasteiger partial charge is 0.497 e. The van der Waals surface area contributed by atoms with Gasteiger partial charge in [-0.25, -0.2) is 9.18 Å². The van der Waals surface area contributed by atoms with E-state index in [0.717, 1.165) is 5.56 Å². The number of benzene rings is 2. The number of nitrogen functional groups attached to an aromatic ring is 1. The van der Waals surface area contributed by atoms with Gasteiger partial charge < -0.3 is 15.8 Å². The van der Waals surface area contributed by atoms with Crippen molar-refractivity contribution in [3.05, 3.63) is 66.2 Å². The van der Waals surface area contributed by atoms with Crippen molar-refractivity contribution in [1.82, 2.24) is 20.1 Å². The quantitative estimate of drug-likeness (QED) is 0.505. The lowest BCUT2D eigenvalue weighted by Gasteiger charge is -2.09. The molecule has 0 aliphatic heterocycles. The van der Waals surface area contributed by atoms with E-state index in [4.69, 9.17) is 10.5 Å². The molecule has 0 saturated heterocycles. The lowest BCUT2D eigenvalue weighted by Crippen LogP contribution is -2.27. The molecule has 2 aromatic carbocycles. The van der Waals surface area contributed by atoms with Crippen molar-refractivity contribution in [1.29, 1.82) is 0 Å². The molecule has 0 unspecified atom stereocenters. The number of H-pyrrole nitrogens is 1. The number of ether oxygens (including phenoxy) is 1. The zero-order valence-corrected chi connectivity index (χ0v) is 15.1. The van der Waals surface area contributed by atoms with Crippen LogP contribution in [0.2, 0.25) is 0 Å². The molecule has 0 saturated carbocycles. The van der Waals surface area contributed by atoms with Gasteiger partial charge in [0.25, 0.3) is 0 Å². The lowest BCUT2D eigenvalue weighted by atomic mass is 10.1. The fourth-order valence-corrected chi connectivity index (χ4v) is 3.10. The molecule has 4 aromatic rings. The number of methoxy groups -OCH3 is 1. The molecule has 2 aromatic heterocycles. The molecule has 142 valence electrons. The van der Waals surface area contributed by atoms with E-state index < -0.39 is 5.82 Å². The number of nitrogens with two attached hydrogens (primary N) is 1. The molecule has 0 bridgehead atoms. The number of fused-ring (bicyclic) bond motifs is 1. The van der Waals surface area contributed by atoms with Gasteiger partial charge in [-0.05, 0) is 35.9 Å². The van der Waals surface area contributed by atoms with Gasteiger partial charge in [0.05, 0.1) is 12.6 Å². The van der Waals surface area contributed by atoms with E-state index in [2.05, 4.69) is 15.5 Å². The molecular formula is C20H18FN5O2.